The van der Waals surface area contributed by atoms with Crippen molar-refractivity contribution in [1.82, 2.24) is 14.5 Å². The number of thioether (sulfide) groups is 1. The lowest BCUT2D eigenvalue weighted by atomic mass is 10.3. The lowest BCUT2D eigenvalue weighted by Gasteiger charge is -2.32. The number of H-pyrrole nitrogens is 1. The summed E-state index contributed by atoms with van der Waals surface area (Å²) >= 11 is 1.55. The molecule has 21 heavy (non-hydrogen) atoms. The van der Waals surface area contributed by atoms with Crippen molar-refractivity contribution in [2.75, 3.05) is 24.7 Å². The maximum atomic E-state index is 12.9. The Morgan fingerprint density at radius 1 is 1.52 bits per heavy atom. The summed E-state index contributed by atoms with van der Waals surface area (Å²) in [6.07, 6.45) is 0. The van der Waals surface area contributed by atoms with Crippen molar-refractivity contribution in [3.05, 3.63) is 11.4 Å². The van der Waals surface area contributed by atoms with Crippen LogP contribution in [0, 0.1) is 13.8 Å². The molecular formula is C12H19N3O4S2. The minimum absolute atomic E-state index is 0.156. The first kappa shape index (κ1) is 16.3. The molecule has 1 N–H and O–H groups in total. The Bertz CT molecular complexity index is 607. The molecule has 1 unspecified atom stereocenters. The first-order valence-electron chi connectivity index (χ1n) is 6.67. The predicted octanol–water partition coefficient (Wildman–Crippen LogP) is 0.696. The molecule has 0 amide bonds. The molecule has 2 heterocycles. The van der Waals surface area contributed by atoms with Gasteiger partial charge in [-0.25, -0.2) is 8.42 Å². The summed E-state index contributed by atoms with van der Waals surface area (Å²) in [6.45, 7) is 5.52. The van der Waals surface area contributed by atoms with Crippen molar-refractivity contribution in [3.8, 4) is 0 Å². The average molecular weight is 333 g/mol. The van der Waals surface area contributed by atoms with Gasteiger partial charge in [0, 0.05) is 18.1 Å². The van der Waals surface area contributed by atoms with Gasteiger partial charge in [0.15, 0.2) is 0 Å². The molecule has 0 bridgehead atoms. The molecule has 1 fully saturated rings. The van der Waals surface area contributed by atoms with Gasteiger partial charge >= 0.3 is 5.97 Å². The van der Waals surface area contributed by atoms with E-state index in [0.717, 1.165) is 0 Å². The summed E-state index contributed by atoms with van der Waals surface area (Å²) < 4.78 is 32.0. The van der Waals surface area contributed by atoms with Crippen LogP contribution in [0.5, 0.6) is 0 Å². The van der Waals surface area contributed by atoms with Crippen LogP contribution in [0.3, 0.4) is 0 Å². The fourth-order valence-electron chi connectivity index (χ4n) is 2.34. The maximum Gasteiger partial charge on any atom is 0.325 e. The molecule has 1 aliphatic heterocycles. The zero-order chi connectivity index (χ0) is 15.6. The van der Waals surface area contributed by atoms with Crippen LogP contribution in [-0.2, 0) is 19.6 Å². The van der Waals surface area contributed by atoms with Crippen molar-refractivity contribution >= 4 is 27.8 Å². The molecule has 0 saturated carbocycles. The molecule has 1 aromatic heterocycles. The van der Waals surface area contributed by atoms with Crippen LogP contribution in [0.25, 0.3) is 0 Å². The fraction of sp³-hybridized carbons (Fsp3) is 0.667. The molecule has 0 aliphatic carbocycles. The number of carbonyl (C=O) groups excluding carboxylic acids is 1. The van der Waals surface area contributed by atoms with Crippen molar-refractivity contribution in [2.45, 2.75) is 31.7 Å². The van der Waals surface area contributed by atoms with Crippen molar-refractivity contribution in [3.63, 3.8) is 0 Å². The van der Waals surface area contributed by atoms with Gasteiger partial charge < -0.3 is 4.74 Å². The SMILES string of the molecule is CCOC(=O)C1CSCCN1S(=O)(=O)c1c(C)n[nH]c1C. The third-order valence-electron chi connectivity index (χ3n) is 3.27. The van der Waals surface area contributed by atoms with Crippen LogP contribution in [0.1, 0.15) is 18.3 Å². The summed E-state index contributed by atoms with van der Waals surface area (Å²) in [5, 5.41) is 6.61. The molecule has 0 spiro atoms. The second kappa shape index (κ2) is 6.37. The number of sulfonamides is 1. The average Bonchev–Trinajstić information content (AvgIpc) is 2.79. The highest BCUT2D eigenvalue weighted by molar-refractivity contribution is 7.99. The number of ether oxygens (including phenoxy) is 1. The minimum atomic E-state index is -3.77. The maximum absolute atomic E-state index is 12.9. The first-order valence-corrected chi connectivity index (χ1v) is 9.26. The van der Waals surface area contributed by atoms with Crippen LogP contribution in [0.4, 0.5) is 0 Å². The lowest BCUT2D eigenvalue weighted by Crippen LogP contribution is -2.51. The Morgan fingerprint density at radius 2 is 2.24 bits per heavy atom. The standard InChI is InChI=1S/C12H19N3O4S2/c1-4-19-12(16)10-7-20-6-5-15(10)21(17,18)11-8(2)13-14-9(11)3/h10H,4-7H2,1-3H3,(H,13,14). The Morgan fingerprint density at radius 3 is 2.81 bits per heavy atom. The molecular weight excluding hydrogens is 314 g/mol. The summed E-state index contributed by atoms with van der Waals surface area (Å²) in [5.41, 5.74) is 0.890. The zero-order valence-corrected chi connectivity index (χ0v) is 13.9. The van der Waals surface area contributed by atoms with E-state index in [1.54, 1.807) is 32.5 Å². The number of aromatic nitrogens is 2. The van der Waals surface area contributed by atoms with E-state index in [4.69, 9.17) is 4.74 Å². The van der Waals surface area contributed by atoms with Crippen molar-refractivity contribution in [2.24, 2.45) is 0 Å². The number of aryl methyl sites for hydroxylation is 2. The fourth-order valence-corrected chi connectivity index (χ4v) is 5.49. The molecule has 7 nitrogen and oxygen atoms in total. The third-order valence-corrected chi connectivity index (χ3v) is 6.46. The Balaban J connectivity index is 2.39. The number of rotatable bonds is 4. The molecule has 118 valence electrons. The smallest absolute Gasteiger partial charge is 0.325 e. The number of hydrogen-bond donors (Lipinski definition) is 1. The molecule has 2 rings (SSSR count). The zero-order valence-electron chi connectivity index (χ0n) is 12.2. The van der Waals surface area contributed by atoms with Crippen LogP contribution in [0.2, 0.25) is 0 Å². The highest BCUT2D eigenvalue weighted by atomic mass is 32.2. The normalized spacial score (nSPS) is 20.4. The van der Waals surface area contributed by atoms with E-state index in [1.807, 2.05) is 0 Å². The van der Waals surface area contributed by atoms with E-state index in [0.29, 0.717) is 29.4 Å². The van der Waals surface area contributed by atoms with Gasteiger partial charge in [-0.2, -0.15) is 21.2 Å². The molecule has 1 atom stereocenters. The molecule has 1 saturated heterocycles. The number of nitrogens with zero attached hydrogens (tertiary/aromatic N) is 2. The number of nitrogens with one attached hydrogen (secondary N) is 1. The largest absolute Gasteiger partial charge is 0.465 e. The summed E-state index contributed by atoms with van der Waals surface area (Å²) in [4.78, 5) is 12.2. The molecule has 0 radical (unpaired) electrons. The molecule has 1 aromatic rings. The van der Waals surface area contributed by atoms with Crippen LogP contribution in [-0.4, -0.2) is 59.6 Å². The van der Waals surface area contributed by atoms with Gasteiger partial charge in [0.2, 0.25) is 10.0 Å². The second-order valence-corrected chi connectivity index (χ2v) is 7.70. The van der Waals surface area contributed by atoms with Crippen molar-refractivity contribution < 1.29 is 17.9 Å². The number of esters is 1. The predicted molar refractivity (Wildman–Crippen MR) is 79.7 cm³/mol. The van der Waals surface area contributed by atoms with Crippen LogP contribution >= 0.6 is 11.8 Å². The monoisotopic (exact) mass is 333 g/mol. The highest BCUT2D eigenvalue weighted by Gasteiger charge is 2.40. The van der Waals surface area contributed by atoms with Gasteiger partial charge in [-0.1, -0.05) is 0 Å². The van der Waals surface area contributed by atoms with E-state index >= 15 is 0 Å². The summed E-state index contributed by atoms with van der Waals surface area (Å²) in [5.74, 6) is 0.575. The van der Waals surface area contributed by atoms with Crippen LogP contribution in [0.15, 0.2) is 4.90 Å². The van der Waals surface area contributed by atoms with Crippen LogP contribution < -0.4 is 0 Å². The van der Waals surface area contributed by atoms with E-state index in [9.17, 15) is 13.2 Å². The molecule has 9 heteroatoms. The number of hydrogen-bond acceptors (Lipinski definition) is 6. The number of aromatic amines is 1. The molecule has 0 aromatic carbocycles. The van der Waals surface area contributed by atoms with Gasteiger partial charge in [0.1, 0.15) is 10.9 Å². The van der Waals surface area contributed by atoms with Crippen molar-refractivity contribution in [1.29, 1.82) is 0 Å². The topological polar surface area (TPSA) is 92.4 Å². The van der Waals surface area contributed by atoms with E-state index in [1.165, 1.54) is 4.31 Å². The van der Waals surface area contributed by atoms with Gasteiger partial charge in [-0.3, -0.25) is 9.89 Å². The highest BCUT2D eigenvalue weighted by Crippen LogP contribution is 2.28. The van der Waals surface area contributed by atoms with Gasteiger partial charge in [-0.15, -0.1) is 0 Å². The minimum Gasteiger partial charge on any atom is -0.465 e. The summed E-state index contributed by atoms with van der Waals surface area (Å²) in [7, 11) is -3.77. The Labute approximate surface area is 128 Å². The molecule has 1 aliphatic rings. The number of carbonyl (C=O) groups is 1. The second-order valence-electron chi connectivity index (χ2n) is 4.72. The van der Waals surface area contributed by atoms with Gasteiger partial charge in [-0.05, 0) is 20.8 Å². The van der Waals surface area contributed by atoms with E-state index < -0.39 is 22.0 Å². The lowest BCUT2D eigenvalue weighted by molar-refractivity contribution is -0.146. The van der Waals surface area contributed by atoms with Gasteiger partial charge in [0.05, 0.1) is 18.0 Å². The Hall–Kier alpha value is -1.06. The summed E-state index contributed by atoms with van der Waals surface area (Å²) in [6, 6.07) is -0.776. The quantitative estimate of drug-likeness (QED) is 0.815. The Kier molecular flexibility index (Phi) is 4.95. The van der Waals surface area contributed by atoms with E-state index in [2.05, 4.69) is 10.2 Å². The third kappa shape index (κ3) is 3.09. The van der Waals surface area contributed by atoms with E-state index in [-0.39, 0.29) is 11.5 Å². The van der Waals surface area contributed by atoms with Gasteiger partial charge in [0.25, 0.3) is 0 Å². The first-order chi connectivity index (χ1) is 9.89.